The van der Waals surface area contributed by atoms with E-state index in [2.05, 4.69) is 38.2 Å². The molecule has 79 heavy (non-hydrogen) atoms. The van der Waals surface area contributed by atoms with Crippen molar-refractivity contribution < 1.29 is 42.9 Å². The topological polar surface area (TPSA) is 111 Å². The van der Waals surface area contributed by atoms with E-state index in [0.29, 0.717) is 23.9 Å². The Morgan fingerprint density at radius 3 is 1.05 bits per heavy atom. The van der Waals surface area contributed by atoms with Crippen molar-refractivity contribution in [2.75, 3.05) is 47.5 Å². The first-order valence-electron chi connectivity index (χ1n) is 34.5. The van der Waals surface area contributed by atoms with Gasteiger partial charge in [0.1, 0.15) is 13.2 Å². The van der Waals surface area contributed by atoms with Crippen LogP contribution in [0.25, 0.3) is 0 Å². The molecular formula is C70H133NO8. The molecule has 0 radical (unpaired) electrons. The molecule has 0 rings (SSSR count). The number of hydrogen-bond acceptors (Lipinski definition) is 8. The minimum atomic E-state index is -1.62. The van der Waals surface area contributed by atoms with Crippen LogP contribution in [0.5, 0.6) is 0 Å². The van der Waals surface area contributed by atoms with Crippen molar-refractivity contribution in [2.24, 2.45) is 0 Å². The lowest BCUT2D eigenvalue weighted by atomic mass is 10.0. The molecule has 2 atom stereocenters. The molecule has 0 aliphatic heterocycles. The Morgan fingerprint density at radius 2 is 0.709 bits per heavy atom. The van der Waals surface area contributed by atoms with E-state index in [0.717, 1.165) is 64.2 Å². The molecule has 0 aliphatic rings. The van der Waals surface area contributed by atoms with Crippen LogP contribution in [-0.4, -0.2) is 82.3 Å². The van der Waals surface area contributed by atoms with Crippen LogP contribution in [-0.2, 0) is 33.3 Å². The van der Waals surface area contributed by atoms with Gasteiger partial charge in [0.15, 0.2) is 12.4 Å². The summed E-state index contributed by atoms with van der Waals surface area (Å²) < 4.78 is 22.7. The largest absolute Gasteiger partial charge is 0.545 e. The van der Waals surface area contributed by atoms with E-state index in [1.165, 1.54) is 250 Å². The number of unbranched alkanes of at least 4 members (excludes halogenated alkanes) is 46. The Balaban J connectivity index is 3.82. The molecule has 0 N–H and O–H groups in total. The summed E-state index contributed by atoms with van der Waals surface area (Å²) in [7, 11) is 5.92. The number of hydrogen-bond donors (Lipinski definition) is 0. The Labute approximate surface area is 490 Å². The normalized spacial score (nSPS) is 12.8. The lowest BCUT2D eigenvalue weighted by molar-refractivity contribution is -0.870. The van der Waals surface area contributed by atoms with E-state index < -0.39 is 24.3 Å². The molecule has 0 spiro atoms. The second kappa shape index (κ2) is 61.8. The number of likely N-dealkylation sites (N-methyl/N-ethyl adjacent to an activating group) is 1. The summed E-state index contributed by atoms with van der Waals surface area (Å²) in [5, 5.41) is 11.8. The van der Waals surface area contributed by atoms with Gasteiger partial charge in [-0.25, -0.2) is 0 Å². The van der Waals surface area contributed by atoms with Crippen molar-refractivity contribution in [3.05, 3.63) is 24.3 Å². The van der Waals surface area contributed by atoms with Gasteiger partial charge in [0, 0.05) is 12.8 Å². The first kappa shape index (κ1) is 76.8. The summed E-state index contributed by atoms with van der Waals surface area (Å²) >= 11 is 0. The third kappa shape index (κ3) is 63.2. The molecule has 2 unspecified atom stereocenters. The highest BCUT2D eigenvalue weighted by molar-refractivity contribution is 5.70. The van der Waals surface area contributed by atoms with Crippen molar-refractivity contribution in [1.82, 2.24) is 0 Å². The number of esters is 2. The summed E-state index contributed by atoms with van der Waals surface area (Å²) in [5.41, 5.74) is 0. The van der Waals surface area contributed by atoms with Gasteiger partial charge in [0.05, 0.1) is 40.3 Å². The third-order valence-corrected chi connectivity index (χ3v) is 15.7. The molecule has 9 heteroatoms. The zero-order valence-electron chi connectivity index (χ0n) is 53.3. The number of carboxylic acids is 1. The third-order valence-electron chi connectivity index (χ3n) is 15.7. The maximum Gasteiger partial charge on any atom is 0.306 e. The summed E-state index contributed by atoms with van der Waals surface area (Å²) in [6.45, 7) is 4.71. The van der Waals surface area contributed by atoms with Crippen LogP contribution in [0.15, 0.2) is 24.3 Å². The van der Waals surface area contributed by atoms with Crippen LogP contribution in [0.2, 0.25) is 0 Å². The highest BCUT2D eigenvalue weighted by atomic mass is 16.7. The van der Waals surface area contributed by atoms with Crippen molar-refractivity contribution in [2.45, 2.75) is 360 Å². The summed E-state index contributed by atoms with van der Waals surface area (Å²) in [6, 6.07) is 0. The first-order valence-corrected chi connectivity index (χ1v) is 34.5. The maximum atomic E-state index is 12.8. The Bertz CT molecular complexity index is 1340. The molecule has 0 aromatic carbocycles. The van der Waals surface area contributed by atoms with Crippen LogP contribution >= 0.6 is 0 Å². The average molecular weight is 1120 g/mol. The smallest absolute Gasteiger partial charge is 0.306 e. The SMILES string of the molecule is CCC/C=C\C/C=C\CCCCCCCC(=O)OC(COC(=O)CCCCCCCCCCCCCCCCCCCCCCCCCCCCCCCCCCCCCCCCCCC)COC(OCC[N+](C)(C)C)C(=O)[O-]. The molecule has 0 saturated carbocycles. The molecule has 0 heterocycles. The summed E-state index contributed by atoms with van der Waals surface area (Å²) in [5.74, 6) is -2.28. The van der Waals surface area contributed by atoms with Crippen molar-refractivity contribution in [1.29, 1.82) is 0 Å². The van der Waals surface area contributed by atoms with Gasteiger partial charge in [-0.2, -0.15) is 0 Å². The Morgan fingerprint density at radius 1 is 0.380 bits per heavy atom. The molecular weight excluding hydrogens is 983 g/mol. The first-order chi connectivity index (χ1) is 38.6. The fourth-order valence-electron chi connectivity index (χ4n) is 10.4. The van der Waals surface area contributed by atoms with Crippen LogP contribution in [0.1, 0.15) is 348 Å². The van der Waals surface area contributed by atoms with E-state index in [-0.39, 0.29) is 32.2 Å². The lowest BCUT2D eigenvalue weighted by Gasteiger charge is -2.26. The zero-order chi connectivity index (χ0) is 57.6. The Hall–Kier alpha value is -2.23. The Kier molecular flexibility index (Phi) is 60.1. The zero-order valence-corrected chi connectivity index (χ0v) is 53.3. The predicted molar refractivity (Wildman–Crippen MR) is 334 cm³/mol. The summed E-state index contributed by atoms with van der Waals surface area (Å²) in [4.78, 5) is 37.3. The van der Waals surface area contributed by atoms with Gasteiger partial charge in [-0.15, -0.1) is 0 Å². The molecule has 0 amide bonds. The second-order valence-corrected chi connectivity index (χ2v) is 24.8. The number of carbonyl (C=O) groups excluding carboxylic acids is 3. The van der Waals surface area contributed by atoms with Crippen LogP contribution in [0.3, 0.4) is 0 Å². The van der Waals surface area contributed by atoms with Crippen LogP contribution < -0.4 is 5.11 Å². The van der Waals surface area contributed by atoms with E-state index in [9.17, 15) is 19.5 Å². The van der Waals surface area contributed by atoms with Gasteiger partial charge in [0.25, 0.3) is 0 Å². The molecule has 0 aliphatic carbocycles. The van der Waals surface area contributed by atoms with Crippen molar-refractivity contribution >= 4 is 17.9 Å². The minimum absolute atomic E-state index is 0.147. The monoisotopic (exact) mass is 1120 g/mol. The summed E-state index contributed by atoms with van der Waals surface area (Å²) in [6.07, 6.45) is 73.1. The minimum Gasteiger partial charge on any atom is -0.545 e. The molecule has 0 fully saturated rings. The molecule has 0 bridgehead atoms. The fourth-order valence-corrected chi connectivity index (χ4v) is 10.4. The van der Waals surface area contributed by atoms with Crippen LogP contribution in [0.4, 0.5) is 0 Å². The number of aliphatic carboxylic acids is 1. The van der Waals surface area contributed by atoms with Crippen LogP contribution in [0, 0.1) is 0 Å². The fraction of sp³-hybridized carbons (Fsp3) is 0.900. The predicted octanol–water partition coefficient (Wildman–Crippen LogP) is 19.7. The van der Waals surface area contributed by atoms with Gasteiger partial charge in [0.2, 0.25) is 0 Å². The van der Waals surface area contributed by atoms with Gasteiger partial charge in [-0.1, -0.05) is 321 Å². The number of ether oxygens (including phenoxy) is 4. The van der Waals surface area contributed by atoms with Gasteiger partial charge >= 0.3 is 11.9 Å². The molecule has 0 saturated heterocycles. The number of nitrogens with zero attached hydrogens (tertiary/aromatic N) is 1. The van der Waals surface area contributed by atoms with E-state index >= 15 is 0 Å². The average Bonchev–Trinajstić information content (AvgIpc) is 3.42. The van der Waals surface area contributed by atoms with E-state index in [4.69, 9.17) is 18.9 Å². The lowest BCUT2D eigenvalue weighted by Crippen LogP contribution is -2.44. The number of quaternary nitrogens is 1. The number of allylic oxidation sites excluding steroid dienone is 4. The molecule has 0 aromatic rings. The highest BCUT2D eigenvalue weighted by Gasteiger charge is 2.22. The van der Waals surface area contributed by atoms with Gasteiger partial charge in [-0.05, 0) is 38.5 Å². The van der Waals surface area contributed by atoms with Gasteiger partial charge < -0.3 is 33.3 Å². The number of carboxylic acid groups (broad SMARTS) is 1. The van der Waals surface area contributed by atoms with Gasteiger partial charge in [-0.3, -0.25) is 9.59 Å². The standard InChI is InChI=1S/C70H133NO8/c1-6-8-10-12-14-16-18-20-21-22-23-24-25-26-27-28-29-30-31-32-33-34-35-36-37-38-39-40-41-42-43-44-45-46-47-49-50-52-54-56-58-60-67(72)77-64-66(65-78-70(69(74)75)76-63-62-71(3,4)5)79-68(73)61-59-57-55-53-51-48-19-17-15-13-11-9-7-2/h11,13,17,19,66,70H,6-10,12,14-16,18,20-65H2,1-5H3/b13-11-,19-17-. The quantitative estimate of drug-likeness (QED) is 0.0195. The molecule has 9 nitrogen and oxygen atoms in total. The highest BCUT2D eigenvalue weighted by Crippen LogP contribution is 2.19. The van der Waals surface area contributed by atoms with Crippen molar-refractivity contribution in [3.8, 4) is 0 Å². The molecule has 0 aromatic heterocycles. The van der Waals surface area contributed by atoms with E-state index in [1.807, 2.05) is 21.1 Å². The molecule has 466 valence electrons. The number of carbonyl (C=O) groups is 3. The maximum absolute atomic E-state index is 12.8. The van der Waals surface area contributed by atoms with Crippen molar-refractivity contribution in [3.63, 3.8) is 0 Å². The van der Waals surface area contributed by atoms with E-state index in [1.54, 1.807) is 0 Å². The second-order valence-electron chi connectivity index (χ2n) is 24.8. The number of rotatable bonds is 65.